The first-order valence-corrected chi connectivity index (χ1v) is 8.68. The highest BCUT2D eigenvalue weighted by Crippen LogP contribution is 2.28. The lowest BCUT2D eigenvalue weighted by atomic mass is 10.1. The van der Waals surface area contributed by atoms with E-state index in [0.717, 1.165) is 37.1 Å². The molecule has 1 aromatic rings. The van der Waals surface area contributed by atoms with Gasteiger partial charge in [0.2, 0.25) is 0 Å². The van der Waals surface area contributed by atoms with Crippen molar-refractivity contribution in [2.45, 2.75) is 65.3 Å². The Morgan fingerprint density at radius 2 is 2.05 bits per heavy atom. The molecule has 1 aliphatic carbocycles. The van der Waals surface area contributed by atoms with Crippen LogP contribution < -0.4 is 10.2 Å². The van der Waals surface area contributed by atoms with Crippen LogP contribution in [0.1, 0.15) is 59.3 Å². The first-order valence-electron chi connectivity index (χ1n) is 8.68. The molecule has 0 aliphatic heterocycles. The molecular formula is C18H31N3. The van der Waals surface area contributed by atoms with Gasteiger partial charge in [-0.15, -0.1) is 0 Å². The topological polar surface area (TPSA) is 28.2 Å². The number of anilines is 2. The molecule has 0 radical (unpaired) electrons. The second-order valence-corrected chi connectivity index (χ2v) is 6.62. The molecular weight excluding hydrogens is 258 g/mol. The molecule has 1 heterocycles. The Labute approximate surface area is 130 Å². The summed E-state index contributed by atoms with van der Waals surface area (Å²) in [5, 5.41) is 3.41. The predicted molar refractivity (Wildman–Crippen MR) is 92.1 cm³/mol. The lowest BCUT2D eigenvalue weighted by molar-refractivity contribution is 0.525. The van der Waals surface area contributed by atoms with E-state index in [9.17, 15) is 0 Å². The first-order chi connectivity index (χ1) is 10.2. The van der Waals surface area contributed by atoms with Gasteiger partial charge >= 0.3 is 0 Å². The van der Waals surface area contributed by atoms with Crippen molar-refractivity contribution in [1.82, 2.24) is 4.98 Å². The van der Waals surface area contributed by atoms with Crippen molar-refractivity contribution in [3.05, 3.63) is 18.2 Å². The summed E-state index contributed by atoms with van der Waals surface area (Å²) in [5.41, 5.74) is 0. The molecule has 2 rings (SSSR count). The minimum atomic E-state index is 0.692. The highest BCUT2D eigenvalue weighted by atomic mass is 15.2. The van der Waals surface area contributed by atoms with Crippen LogP contribution in [0.3, 0.4) is 0 Å². The van der Waals surface area contributed by atoms with E-state index < -0.39 is 0 Å². The second kappa shape index (κ2) is 8.26. The van der Waals surface area contributed by atoms with Crippen molar-refractivity contribution in [1.29, 1.82) is 0 Å². The Morgan fingerprint density at radius 3 is 2.71 bits per heavy atom. The van der Waals surface area contributed by atoms with Gasteiger partial charge < -0.3 is 10.2 Å². The Kier molecular flexibility index (Phi) is 6.34. The summed E-state index contributed by atoms with van der Waals surface area (Å²) >= 11 is 0. The van der Waals surface area contributed by atoms with Crippen LogP contribution in [0.4, 0.5) is 11.6 Å². The van der Waals surface area contributed by atoms with E-state index in [2.05, 4.69) is 49.2 Å². The molecule has 1 aliphatic rings. The Balaban J connectivity index is 2.10. The average Bonchev–Trinajstić information content (AvgIpc) is 2.99. The number of hydrogen-bond acceptors (Lipinski definition) is 3. The maximum absolute atomic E-state index is 4.85. The fraction of sp³-hybridized carbons (Fsp3) is 0.722. The zero-order chi connectivity index (χ0) is 15.1. The first kappa shape index (κ1) is 16.1. The SMILES string of the molecule is CCCNc1cccc(N(CCC(C)C)C2CCCC2)n1. The van der Waals surface area contributed by atoms with Gasteiger partial charge in [0.15, 0.2) is 0 Å². The van der Waals surface area contributed by atoms with Gasteiger partial charge in [-0.1, -0.05) is 39.7 Å². The van der Waals surface area contributed by atoms with Crippen molar-refractivity contribution in [2.75, 3.05) is 23.3 Å². The van der Waals surface area contributed by atoms with Crippen LogP contribution in [0.5, 0.6) is 0 Å². The van der Waals surface area contributed by atoms with Gasteiger partial charge in [0, 0.05) is 19.1 Å². The summed E-state index contributed by atoms with van der Waals surface area (Å²) in [7, 11) is 0. The van der Waals surface area contributed by atoms with Gasteiger partial charge in [-0.05, 0) is 43.7 Å². The smallest absolute Gasteiger partial charge is 0.131 e. The van der Waals surface area contributed by atoms with Crippen LogP contribution in [0.15, 0.2) is 18.2 Å². The van der Waals surface area contributed by atoms with Gasteiger partial charge in [-0.3, -0.25) is 0 Å². The summed E-state index contributed by atoms with van der Waals surface area (Å²) < 4.78 is 0. The largest absolute Gasteiger partial charge is 0.370 e. The standard InChI is InChI=1S/C18H31N3/c1-4-13-19-17-10-7-11-18(20-17)21(14-12-15(2)3)16-8-5-6-9-16/h7,10-11,15-16H,4-6,8-9,12-14H2,1-3H3,(H,19,20). The number of pyridine rings is 1. The summed E-state index contributed by atoms with van der Waals surface area (Å²) in [5.74, 6) is 2.92. The van der Waals surface area contributed by atoms with Gasteiger partial charge in [0.1, 0.15) is 11.6 Å². The van der Waals surface area contributed by atoms with Crippen molar-refractivity contribution in [3.63, 3.8) is 0 Å². The lowest BCUT2D eigenvalue weighted by Crippen LogP contribution is -2.35. The molecule has 1 aromatic heterocycles. The number of rotatable bonds is 8. The molecule has 118 valence electrons. The fourth-order valence-electron chi connectivity index (χ4n) is 3.03. The molecule has 3 heteroatoms. The maximum atomic E-state index is 4.85. The lowest BCUT2D eigenvalue weighted by Gasteiger charge is -2.31. The van der Waals surface area contributed by atoms with Crippen molar-refractivity contribution < 1.29 is 0 Å². The predicted octanol–water partition coefficient (Wildman–Crippen LogP) is 4.70. The highest BCUT2D eigenvalue weighted by Gasteiger charge is 2.23. The van der Waals surface area contributed by atoms with E-state index in [4.69, 9.17) is 4.98 Å². The normalized spacial score (nSPS) is 15.6. The van der Waals surface area contributed by atoms with Gasteiger partial charge in [0.05, 0.1) is 0 Å². The quantitative estimate of drug-likeness (QED) is 0.752. The number of hydrogen-bond donors (Lipinski definition) is 1. The third-order valence-electron chi connectivity index (χ3n) is 4.30. The molecule has 0 saturated heterocycles. The molecule has 0 spiro atoms. The summed E-state index contributed by atoms with van der Waals surface area (Å²) in [6.45, 7) is 8.92. The van der Waals surface area contributed by atoms with E-state index in [1.165, 1.54) is 32.1 Å². The minimum Gasteiger partial charge on any atom is -0.370 e. The Morgan fingerprint density at radius 1 is 1.29 bits per heavy atom. The summed E-state index contributed by atoms with van der Waals surface area (Å²) in [4.78, 5) is 7.41. The van der Waals surface area contributed by atoms with Crippen LogP contribution >= 0.6 is 0 Å². The summed E-state index contributed by atoms with van der Waals surface area (Å²) in [6, 6.07) is 7.08. The van der Waals surface area contributed by atoms with E-state index in [-0.39, 0.29) is 0 Å². The molecule has 0 atom stereocenters. The van der Waals surface area contributed by atoms with Crippen molar-refractivity contribution in [3.8, 4) is 0 Å². The average molecular weight is 289 g/mol. The number of nitrogens with one attached hydrogen (secondary N) is 1. The number of aromatic nitrogens is 1. The second-order valence-electron chi connectivity index (χ2n) is 6.62. The third-order valence-corrected chi connectivity index (χ3v) is 4.30. The highest BCUT2D eigenvalue weighted by molar-refractivity contribution is 5.48. The molecule has 0 amide bonds. The van der Waals surface area contributed by atoms with Crippen LogP contribution in [-0.2, 0) is 0 Å². The fourth-order valence-corrected chi connectivity index (χ4v) is 3.03. The number of nitrogens with zero attached hydrogens (tertiary/aromatic N) is 2. The Bertz CT molecular complexity index is 411. The molecule has 1 saturated carbocycles. The molecule has 1 fully saturated rings. The molecule has 21 heavy (non-hydrogen) atoms. The van der Waals surface area contributed by atoms with Gasteiger partial charge in [-0.25, -0.2) is 4.98 Å². The van der Waals surface area contributed by atoms with E-state index in [0.29, 0.717) is 6.04 Å². The maximum Gasteiger partial charge on any atom is 0.131 e. The Hall–Kier alpha value is -1.25. The van der Waals surface area contributed by atoms with E-state index in [1.54, 1.807) is 0 Å². The molecule has 0 bridgehead atoms. The zero-order valence-corrected chi connectivity index (χ0v) is 13.9. The van der Waals surface area contributed by atoms with Gasteiger partial charge in [-0.2, -0.15) is 0 Å². The zero-order valence-electron chi connectivity index (χ0n) is 13.9. The van der Waals surface area contributed by atoms with Crippen molar-refractivity contribution >= 4 is 11.6 Å². The molecule has 3 nitrogen and oxygen atoms in total. The minimum absolute atomic E-state index is 0.692. The van der Waals surface area contributed by atoms with E-state index >= 15 is 0 Å². The molecule has 0 aromatic carbocycles. The summed E-state index contributed by atoms with van der Waals surface area (Å²) in [6.07, 6.45) is 7.77. The van der Waals surface area contributed by atoms with Gasteiger partial charge in [0.25, 0.3) is 0 Å². The third kappa shape index (κ3) is 4.90. The molecule has 0 unspecified atom stereocenters. The van der Waals surface area contributed by atoms with Crippen molar-refractivity contribution in [2.24, 2.45) is 5.92 Å². The van der Waals surface area contributed by atoms with Crippen LogP contribution in [0, 0.1) is 5.92 Å². The van der Waals surface area contributed by atoms with E-state index in [1.807, 2.05) is 0 Å². The monoisotopic (exact) mass is 289 g/mol. The van der Waals surface area contributed by atoms with Crippen LogP contribution in [-0.4, -0.2) is 24.1 Å². The molecule has 1 N–H and O–H groups in total. The van der Waals surface area contributed by atoms with Crippen LogP contribution in [0.2, 0.25) is 0 Å². The van der Waals surface area contributed by atoms with Crippen LogP contribution in [0.25, 0.3) is 0 Å².